The topological polar surface area (TPSA) is 57.1 Å². The molecule has 1 heterocycles. The van der Waals surface area contributed by atoms with Gasteiger partial charge in [-0.15, -0.1) is 6.42 Å². The molecule has 0 atom stereocenters. The van der Waals surface area contributed by atoms with Crippen molar-refractivity contribution in [1.29, 1.82) is 0 Å². The Balaban J connectivity index is 1.91. The summed E-state index contributed by atoms with van der Waals surface area (Å²) in [4.78, 5) is 16.2. The maximum Gasteiger partial charge on any atom is 0.363 e. The number of aliphatic imine (C=N–C) groups is 1. The normalized spacial score (nSPS) is 14.5. The van der Waals surface area contributed by atoms with Gasteiger partial charge in [-0.1, -0.05) is 24.1 Å². The molecule has 5 nitrogen and oxygen atoms in total. The molecule has 0 saturated heterocycles. The molecular weight excluding hydrogens is 349 g/mol. The highest BCUT2D eigenvalue weighted by Crippen LogP contribution is 2.30. The average Bonchev–Trinajstić information content (AvgIpc) is 3.02. The van der Waals surface area contributed by atoms with Crippen molar-refractivity contribution >= 4 is 17.9 Å². The Kier molecular flexibility index (Phi) is 5.53. The number of cyclic esters (lactones) is 1. The van der Waals surface area contributed by atoms with Crippen LogP contribution in [-0.2, 0) is 9.53 Å². The molecule has 0 spiro atoms. The third-order valence-electron chi connectivity index (χ3n) is 3.61. The molecule has 3 rings (SSSR count). The number of hydrogen-bond donors (Lipinski definition) is 0. The second-order valence-electron chi connectivity index (χ2n) is 5.45. The minimum Gasteiger partial charge on any atom is -0.490 e. The van der Waals surface area contributed by atoms with Crippen LogP contribution in [0.3, 0.4) is 0 Å². The van der Waals surface area contributed by atoms with E-state index in [4.69, 9.17) is 20.6 Å². The van der Waals surface area contributed by atoms with Crippen LogP contribution in [0, 0.1) is 18.2 Å². The smallest absolute Gasteiger partial charge is 0.363 e. The van der Waals surface area contributed by atoms with Gasteiger partial charge < -0.3 is 14.2 Å². The summed E-state index contributed by atoms with van der Waals surface area (Å²) in [6, 6.07) is 11.1. The van der Waals surface area contributed by atoms with Gasteiger partial charge in [-0.05, 0) is 42.8 Å². The highest BCUT2D eigenvalue weighted by molar-refractivity contribution is 6.12. The number of benzene rings is 2. The van der Waals surface area contributed by atoms with Crippen molar-refractivity contribution in [3.05, 3.63) is 65.1 Å². The molecule has 27 heavy (non-hydrogen) atoms. The summed E-state index contributed by atoms with van der Waals surface area (Å²) in [6.45, 7) is 2.39. The SMILES string of the molecule is C#CCOc1ccc(C=C2N=C(c3ccccc3F)OC2=O)cc1OCC. The first-order chi connectivity index (χ1) is 13.1. The Morgan fingerprint density at radius 3 is 2.78 bits per heavy atom. The van der Waals surface area contributed by atoms with E-state index in [9.17, 15) is 9.18 Å². The number of carbonyl (C=O) groups excluding carboxylic acids is 1. The standard InChI is InChI=1S/C21H16FNO4/c1-3-11-26-18-10-9-14(13-19(18)25-4-2)12-17-21(24)27-20(23-17)15-7-5-6-8-16(15)22/h1,5-10,12-13H,4,11H2,2H3. The number of nitrogens with zero attached hydrogens (tertiary/aromatic N) is 1. The van der Waals surface area contributed by atoms with Gasteiger partial charge in [-0.25, -0.2) is 14.2 Å². The van der Waals surface area contributed by atoms with Crippen LogP contribution in [0.4, 0.5) is 4.39 Å². The van der Waals surface area contributed by atoms with E-state index in [1.54, 1.807) is 30.3 Å². The predicted octanol–water partition coefficient (Wildman–Crippen LogP) is 3.58. The lowest BCUT2D eigenvalue weighted by Gasteiger charge is -2.10. The van der Waals surface area contributed by atoms with Crippen molar-refractivity contribution < 1.29 is 23.4 Å². The van der Waals surface area contributed by atoms with E-state index in [-0.39, 0.29) is 23.8 Å². The molecule has 0 amide bonds. The van der Waals surface area contributed by atoms with Crippen molar-refractivity contribution in [2.45, 2.75) is 6.92 Å². The van der Waals surface area contributed by atoms with E-state index >= 15 is 0 Å². The van der Waals surface area contributed by atoms with E-state index in [1.165, 1.54) is 18.2 Å². The van der Waals surface area contributed by atoms with Gasteiger partial charge in [0.25, 0.3) is 0 Å². The predicted molar refractivity (Wildman–Crippen MR) is 98.9 cm³/mol. The molecule has 136 valence electrons. The van der Waals surface area contributed by atoms with Crippen molar-refractivity contribution in [2.24, 2.45) is 4.99 Å². The molecule has 2 aromatic carbocycles. The Morgan fingerprint density at radius 1 is 1.22 bits per heavy atom. The molecule has 6 heteroatoms. The fourth-order valence-corrected chi connectivity index (χ4v) is 2.44. The third-order valence-corrected chi connectivity index (χ3v) is 3.61. The van der Waals surface area contributed by atoms with Crippen LogP contribution >= 0.6 is 0 Å². The molecule has 0 aromatic heterocycles. The second-order valence-corrected chi connectivity index (χ2v) is 5.45. The van der Waals surface area contributed by atoms with Gasteiger partial charge >= 0.3 is 5.97 Å². The highest BCUT2D eigenvalue weighted by Gasteiger charge is 2.26. The summed E-state index contributed by atoms with van der Waals surface area (Å²) in [5.41, 5.74) is 0.840. The molecule has 2 aromatic rings. The van der Waals surface area contributed by atoms with E-state index in [0.717, 1.165) is 0 Å². The van der Waals surface area contributed by atoms with Crippen molar-refractivity contribution in [3.8, 4) is 23.8 Å². The van der Waals surface area contributed by atoms with Crippen molar-refractivity contribution in [1.82, 2.24) is 0 Å². The Labute approximate surface area is 156 Å². The number of halogens is 1. The van der Waals surface area contributed by atoms with Crippen LogP contribution in [0.1, 0.15) is 18.1 Å². The Morgan fingerprint density at radius 2 is 2.04 bits per heavy atom. The monoisotopic (exact) mass is 365 g/mol. The van der Waals surface area contributed by atoms with Gasteiger partial charge in [0, 0.05) is 0 Å². The summed E-state index contributed by atoms with van der Waals surface area (Å²) in [6.07, 6.45) is 6.74. The minimum absolute atomic E-state index is 0.0630. The van der Waals surface area contributed by atoms with Gasteiger partial charge in [0.2, 0.25) is 5.90 Å². The number of ether oxygens (including phenoxy) is 3. The van der Waals surface area contributed by atoms with Crippen LogP contribution in [-0.4, -0.2) is 25.1 Å². The van der Waals surface area contributed by atoms with Gasteiger partial charge in [-0.2, -0.15) is 0 Å². The molecule has 0 N–H and O–H groups in total. The molecule has 1 aliphatic rings. The molecule has 0 radical (unpaired) electrons. The van der Waals surface area contributed by atoms with Crippen molar-refractivity contribution in [2.75, 3.05) is 13.2 Å². The number of terminal acetylenes is 1. The van der Waals surface area contributed by atoms with Gasteiger partial charge in [0.15, 0.2) is 17.2 Å². The number of hydrogen-bond acceptors (Lipinski definition) is 5. The summed E-state index contributed by atoms with van der Waals surface area (Å²) in [5.74, 6) is 2.15. The lowest BCUT2D eigenvalue weighted by atomic mass is 10.1. The first-order valence-corrected chi connectivity index (χ1v) is 8.23. The summed E-state index contributed by atoms with van der Waals surface area (Å²) < 4.78 is 29.9. The van der Waals surface area contributed by atoms with Crippen LogP contribution in [0.2, 0.25) is 0 Å². The number of esters is 1. The average molecular weight is 365 g/mol. The summed E-state index contributed by atoms with van der Waals surface area (Å²) in [7, 11) is 0. The van der Waals surface area contributed by atoms with E-state index in [2.05, 4.69) is 10.9 Å². The summed E-state index contributed by atoms with van der Waals surface area (Å²) >= 11 is 0. The van der Waals surface area contributed by atoms with Crippen LogP contribution in [0.25, 0.3) is 6.08 Å². The fraction of sp³-hybridized carbons (Fsp3) is 0.143. The molecule has 0 saturated carbocycles. The zero-order valence-corrected chi connectivity index (χ0v) is 14.6. The molecule has 1 aliphatic heterocycles. The van der Waals surface area contributed by atoms with E-state index < -0.39 is 11.8 Å². The Hall–Kier alpha value is -3.59. The first-order valence-electron chi connectivity index (χ1n) is 8.23. The molecule has 0 fully saturated rings. The van der Waals surface area contributed by atoms with Crippen LogP contribution < -0.4 is 9.47 Å². The van der Waals surface area contributed by atoms with Crippen molar-refractivity contribution in [3.63, 3.8) is 0 Å². The zero-order chi connectivity index (χ0) is 19.2. The summed E-state index contributed by atoms with van der Waals surface area (Å²) in [5, 5.41) is 0. The fourth-order valence-electron chi connectivity index (χ4n) is 2.44. The maximum atomic E-state index is 13.9. The van der Waals surface area contributed by atoms with E-state index in [1.807, 2.05) is 6.92 Å². The quantitative estimate of drug-likeness (QED) is 0.446. The minimum atomic E-state index is -0.654. The van der Waals surface area contributed by atoms with Gasteiger partial charge in [0.1, 0.15) is 12.4 Å². The zero-order valence-electron chi connectivity index (χ0n) is 14.6. The number of carbonyl (C=O) groups is 1. The lowest BCUT2D eigenvalue weighted by Crippen LogP contribution is -2.07. The maximum absolute atomic E-state index is 13.9. The molecule has 0 bridgehead atoms. The third kappa shape index (κ3) is 4.15. The van der Waals surface area contributed by atoms with Gasteiger partial charge in [-0.3, -0.25) is 0 Å². The molecule has 0 aliphatic carbocycles. The largest absolute Gasteiger partial charge is 0.490 e. The highest BCUT2D eigenvalue weighted by atomic mass is 19.1. The van der Waals surface area contributed by atoms with Crippen LogP contribution in [0.15, 0.2) is 53.2 Å². The van der Waals surface area contributed by atoms with E-state index in [0.29, 0.717) is 23.7 Å². The Bertz CT molecular complexity index is 972. The van der Waals surface area contributed by atoms with Crippen LogP contribution in [0.5, 0.6) is 11.5 Å². The number of rotatable bonds is 6. The first kappa shape index (κ1) is 18.2. The molecule has 0 unspecified atom stereocenters. The van der Waals surface area contributed by atoms with Gasteiger partial charge in [0.05, 0.1) is 12.2 Å². The second kappa shape index (κ2) is 8.19. The molecular formula is C21H16FNO4. The lowest BCUT2D eigenvalue weighted by molar-refractivity contribution is -0.129.